The molecule has 0 aromatic heterocycles. The Balaban J connectivity index is 1.29. The minimum Gasteiger partial charge on any atom is -0.489 e. The summed E-state index contributed by atoms with van der Waals surface area (Å²) in [6, 6.07) is 17.5. The molecule has 2 aliphatic heterocycles. The molecule has 11 nitrogen and oxygen atoms in total. The number of nitrogens with zero attached hydrogens (tertiary/aromatic N) is 2. The van der Waals surface area contributed by atoms with Crippen LogP contribution < -0.4 is 18.9 Å². The molecule has 0 unspecified atom stereocenters. The fraction of sp³-hybridized carbons (Fsp3) is 0.489. The summed E-state index contributed by atoms with van der Waals surface area (Å²) in [5.74, 6) is 0.147. The van der Waals surface area contributed by atoms with E-state index < -0.39 is 17.7 Å². The first kappa shape index (κ1) is 40.9. The van der Waals surface area contributed by atoms with E-state index in [9.17, 15) is 19.4 Å². The van der Waals surface area contributed by atoms with Crippen molar-refractivity contribution in [2.24, 2.45) is 28.8 Å². The lowest BCUT2D eigenvalue weighted by molar-refractivity contribution is -0.258. The third-order valence-corrected chi connectivity index (χ3v) is 12.6. The third kappa shape index (κ3) is 8.32. The predicted octanol–water partition coefficient (Wildman–Crippen LogP) is 7.84. The van der Waals surface area contributed by atoms with Gasteiger partial charge in [-0.15, -0.1) is 6.58 Å². The summed E-state index contributed by atoms with van der Waals surface area (Å²) in [5, 5.41) is 24.5. The van der Waals surface area contributed by atoms with Crippen LogP contribution in [0.25, 0.3) is 0 Å². The van der Waals surface area contributed by atoms with Crippen LogP contribution in [0.15, 0.2) is 90.1 Å². The summed E-state index contributed by atoms with van der Waals surface area (Å²) >= 11 is 0. The number of benzene rings is 3. The number of carbonyl (C=O) groups is 1. The van der Waals surface area contributed by atoms with Gasteiger partial charge >= 0.3 is 0 Å². The van der Waals surface area contributed by atoms with Crippen LogP contribution in [0.2, 0.25) is 0 Å². The van der Waals surface area contributed by atoms with Gasteiger partial charge in [-0.05, 0) is 97.9 Å². The smallest absolute Gasteiger partial charge is 0.239 e. The minimum atomic E-state index is -1.38. The Bertz CT molecular complexity index is 2050. The number of halogens is 1. The molecule has 3 aromatic rings. The molecule has 1 amide bonds. The van der Waals surface area contributed by atoms with Gasteiger partial charge in [-0.3, -0.25) is 4.79 Å². The van der Waals surface area contributed by atoms with Gasteiger partial charge in [-0.2, -0.15) is 0 Å². The highest BCUT2D eigenvalue weighted by Gasteiger charge is 2.66. The number of oxime groups is 1. The lowest BCUT2D eigenvalue weighted by atomic mass is 9.55. The molecule has 3 aromatic carbocycles. The Morgan fingerprint density at radius 3 is 2.54 bits per heavy atom. The number of rotatable bonds is 19. The second kappa shape index (κ2) is 18.1. The van der Waals surface area contributed by atoms with Gasteiger partial charge in [0.25, 0.3) is 0 Å². The fourth-order valence-corrected chi connectivity index (χ4v) is 9.77. The molecule has 6 atom stereocenters. The summed E-state index contributed by atoms with van der Waals surface area (Å²) in [5.41, 5.74) is 3.94. The van der Waals surface area contributed by atoms with Crippen LogP contribution in [0, 0.1) is 29.5 Å². The Hall–Kier alpha value is -4.91. The van der Waals surface area contributed by atoms with Crippen molar-refractivity contribution in [1.29, 1.82) is 0 Å². The van der Waals surface area contributed by atoms with E-state index in [2.05, 4.69) is 12.7 Å². The van der Waals surface area contributed by atoms with E-state index >= 15 is 0 Å². The van der Waals surface area contributed by atoms with Gasteiger partial charge in [0.15, 0.2) is 11.5 Å². The summed E-state index contributed by atoms with van der Waals surface area (Å²) in [6.07, 6.45) is 10.5. The van der Waals surface area contributed by atoms with Gasteiger partial charge in [0.05, 0.1) is 18.2 Å². The highest BCUT2D eigenvalue weighted by Crippen LogP contribution is 2.62. The summed E-state index contributed by atoms with van der Waals surface area (Å²) in [7, 11) is 1.54. The van der Waals surface area contributed by atoms with Crippen molar-refractivity contribution in [2.45, 2.75) is 88.7 Å². The summed E-state index contributed by atoms with van der Waals surface area (Å²) < 4.78 is 46.8. The van der Waals surface area contributed by atoms with Crippen molar-refractivity contribution in [2.75, 3.05) is 33.7 Å². The third-order valence-electron chi connectivity index (χ3n) is 12.6. The van der Waals surface area contributed by atoms with E-state index in [0.717, 1.165) is 60.9 Å². The van der Waals surface area contributed by atoms with Gasteiger partial charge in [-0.25, -0.2) is 4.39 Å². The van der Waals surface area contributed by atoms with Crippen LogP contribution in [0.4, 0.5) is 4.39 Å². The highest BCUT2D eigenvalue weighted by molar-refractivity contribution is 6.03. The number of allylic oxidation sites excluding steroid dienone is 1. The average molecular weight is 811 g/mol. The van der Waals surface area contributed by atoms with Crippen molar-refractivity contribution in [3.8, 4) is 23.0 Å². The largest absolute Gasteiger partial charge is 0.489 e. The van der Waals surface area contributed by atoms with Crippen LogP contribution in [0.1, 0.15) is 80.4 Å². The van der Waals surface area contributed by atoms with E-state index in [-0.39, 0.29) is 75.2 Å². The Morgan fingerprint density at radius 1 is 1.00 bits per heavy atom. The van der Waals surface area contributed by atoms with Crippen LogP contribution in [-0.2, 0) is 27.5 Å². The maximum Gasteiger partial charge on any atom is 0.239 e. The molecule has 2 N–H and O–H groups in total. The molecule has 8 rings (SSSR count). The van der Waals surface area contributed by atoms with Crippen LogP contribution in [-0.4, -0.2) is 72.3 Å². The van der Waals surface area contributed by atoms with Crippen LogP contribution in [0.5, 0.6) is 23.0 Å². The summed E-state index contributed by atoms with van der Waals surface area (Å²) in [4.78, 5) is 22.3. The molecule has 2 saturated carbocycles. The summed E-state index contributed by atoms with van der Waals surface area (Å²) in [6.45, 7) is 4.85. The van der Waals surface area contributed by atoms with Crippen LogP contribution >= 0.6 is 0 Å². The molecule has 3 aliphatic carbocycles. The molecule has 314 valence electrons. The van der Waals surface area contributed by atoms with E-state index in [4.69, 9.17) is 33.7 Å². The van der Waals surface area contributed by atoms with Gasteiger partial charge < -0.3 is 43.6 Å². The van der Waals surface area contributed by atoms with E-state index in [1.165, 1.54) is 6.07 Å². The molecule has 0 radical (unpaired) electrons. The van der Waals surface area contributed by atoms with Crippen molar-refractivity contribution in [1.82, 2.24) is 4.90 Å². The minimum absolute atomic E-state index is 0.0264. The second-order valence-corrected chi connectivity index (χ2v) is 16.3. The zero-order valence-corrected chi connectivity index (χ0v) is 33.7. The number of hydrogen-bond donors (Lipinski definition) is 2. The first-order valence-electron chi connectivity index (χ1n) is 21.1. The quantitative estimate of drug-likeness (QED) is 0.0708. The molecule has 2 heterocycles. The molecule has 5 aliphatic rings. The van der Waals surface area contributed by atoms with E-state index in [1.54, 1.807) is 31.4 Å². The molecule has 0 saturated heterocycles. The van der Waals surface area contributed by atoms with Crippen molar-refractivity contribution >= 4 is 11.6 Å². The van der Waals surface area contributed by atoms with Crippen molar-refractivity contribution < 1.29 is 47.9 Å². The average Bonchev–Trinajstić information content (AvgIpc) is 4.00. The molecular weight excluding hydrogens is 756 g/mol. The number of ether oxygens (including phenoxy) is 5. The SMILES string of the molecule is C=CCO[C@@]12Oc3ccc(OCc4ccccc4F)cc3[C@H]3[C@H](CCCCO)[C@@H](CCCCO)C=C(C(=NOC)C[C@@H]1N(Cc1ccc4c(c1)OCO4)C(=O)C1CC1)[C@H]32. The molecule has 2 fully saturated rings. The van der Waals surface area contributed by atoms with Gasteiger partial charge in [0, 0.05) is 49.1 Å². The maximum atomic E-state index is 14.8. The number of aliphatic hydroxyl groups excluding tert-OH is 2. The first-order chi connectivity index (χ1) is 28.9. The molecule has 0 bridgehead atoms. The van der Waals surface area contributed by atoms with Gasteiger partial charge in [0.2, 0.25) is 18.5 Å². The number of unbranched alkanes of at least 4 members (excludes halogenated alkanes) is 2. The standard InChI is InChI=1S/C47H55FN2O9/c1-3-22-58-47-43(50(46(53)31-15-16-31)27-30-14-18-41-42(23-30)57-29-56-41)26-39(49-54-2)36-24-32(10-6-8-20-51)35(12-7-9-21-52)44(45(36)47)37-25-34(17-19-40(37)59-47)55-28-33-11-4-5-13-38(33)48/h3-5,11,13-14,17-19,23-25,31-32,35,43-45,51-52H,1,6-10,12,15-16,20-22,26-29H2,2H3/t32-,35+,43-,44+,45+,47+/m0/s1. The Morgan fingerprint density at radius 2 is 1.78 bits per heavy atom. The lowest BCUT2D eigenvalue weighted by Gasteiger charge is -2.60. The van der Waals surface area contributed by atoms with E-state index in [0.29, 0.717) is 47.8 Å². The lowest BCUT2D eigenvalue weighted by Crippen LogP contribution is -2.70. The zero-order valence-electron chi connectivity index (χ0n) is 33.7. The number of aliphatic hydroxyl groups is 2. The fourth-order valence-electron chi connectivity index (χ4n) is 9.77. The molecule has 59 heavy (non-hydrogen) atoms. The zero-order chi connectivity index (χ0) is 40.9. The monoisotopic (exact) mass is 810 g/mol. The van der Waals surface area contributed by atoms with Crippen molar-refractivity contribution in [3.05, 3.63) is 107 Å². The number of hydrogen-bond acceptors (Lipinski definition) is 10. The molecular formula is C47H55FN2O9. The molecule has 0 spiro atoms. The maximum absolute atomic E-state index is 14.8. The van der Waals surface area contributed by atoms with Crippen molar-refractivity contribution in [3.63, 3.8) is 0 Å². The Kier molecular flexibility index (Phi) is 12.6. The van der Waals surface area contributed by atoms with Gasteiger partial charge in [-0.1, -0.05) is 54.4 Å². The molecule has 12 heteroatoms. The number of carbonyl (C=O) groups excluding carboxylic acids is 1. The predicted molar refractivity (Wildman–Crippen MR) is 219 cm³/mol. The van der Waals surface area contributed by atoms with E-state index in [1.807, 2.05) is 41.3 Å². The van der Waals surface area contributed by atoms with Crippen LogP contribution in [0.3, 0.4) is 0 Å². The topological polar surface area (TPSA) is 129 Å². The normalized spacial score (nSPS) is 25.7. The number of fused-ring (bicyclic) bond motifs is 3. The number of amides is 1. The Labute approximate surface area is 345 Å². The first-order valence-corrected chi connectivity index (χ1v) is 21.1. The highest BCUT2D eigenvalue weighted by atomic mass is 19.1. The van der Waals surface area contributed by atoms with Gasteiger partial charge in [0.1, 0.15) is 37.1 Å². The second-order valence-electron chi connectivity index (χ2n) is 16.3.